The summed E-state index contributed by atoms with van der Waals surface area (Å²) in [5, 5.41) is 8.37. The minimum atomic E-state index is -0.899. The molecule has 1 radical (unpaired) electrons. The molecule has 57 valence electrons. The third kappa shape index (κ3) is 4.24. The summed E-state index contributed by atoms with van der Waals surface area (Å²) in [6, 6.07) is 8.87. The van der Waals surface area contributed by atoms with Gasteiger partial charge in [0.15, 0.2) is 0 Å². The molecule has 11 heavy (non-hydrogen) atoms. The summed E-state index contributed by atoms with van der Waals surface area (Å²) in [5.41, 5.74) is 0.300. The van der Waals surface area contributed by atoms with Crippen LogP contribution in [0.2, 0.25) is 0 Å². The number of hydrogen-bond acceptors (Lipinski definition) is 1. The third-order valence-electron chi connectivity index (χ3n) is 0.965. The van der Waals surface area contributed by atoms with Crippen molar-refractivity contribution in [1.82, 2.24) is 0 Å². The van der Waals surface area contributed by atoms with Crippen molar-refractivity contribution in [2.45, 2.75) is 0 Å². The fourth-order valence-electron chi connectivity index (χ4n) is 0.529. The zero-order valence-corrected chi connectivity index (χ0v) is 8.58. The van der Waals surface area contributed by atoms with Crippen molar-refractivity contribution in [2.75, 3.05) is 0 Å². The number of rotatable bonds is 1. The number of carbonyl (C=O) groups is 1. The Morgan fingerprint density at radius 2 is 1.82 bits per heavy atom. The Morgan fingerprint density at radius 1 is 1.36 bits per heavy atom. The smallest absolute Gasteiger partial charge is 0.311 e. The average Bonchev–Trinajstić information content (AvgIpc) is 1.90. The van der Waals surface area contributed by atoms with Crippen LogP contribution >= 0.6 is 0 Å². The van der Waals surface area contributed by atoms with Gasteiger partial charge in [-0.1, -0.05) is 0 Å². The van der Waals surface area contributed by atoms with Crippen LogP contribution < -0.4 is 0 Å². The molecule has 0 aliphatic heterocycles. The molecular formula is C7H7O3Y-. The van der Waals surface area contributed by atoms with Crippen LogP contribution in [0.15, 0.2) is 24.3 Å². The molecule has 0 unspecified atom stereocenters. The summed E-state index contributed by atoms with van der Waals surface area (Å²) in [5.74, 6) is -0.899. The fourth-order valence-corrected chi connectivity index (χ4v) is 0.529. The molecule has 3 N–H and O–H groups in total. The van der Waals surface area contributed by atoms with Gasteiger partial charge >= 0.3 is 5.97 Å². The maximum absolute atomic E-state index is 10.2. The van der Waals surface area contributed by atoms with Gasteiger partial charge in [-0.05, 0) is 5.56 Å². The number of carboxylic acid groups (broad SMARTS) is 1. The molecule has 1 aromatic rings. The van der Waals surface area contributed by atoms with E-state index in [0.717, 1.165) is 0 Å². The van der Waals surface area contributed by atoms with Gasteiger partial charge in [0.1, 0.15) is 0 Å². The van der Waals surface area contributed by atoms with E-state index in [4.69, 9.17) is 5.11 Å². The van der Waals surface area contributed by atoms with E-state index < -0.39 is 5.97 Å². The van der Waals surface area contributed by atoms with E-state index in [2.05, 4.69) is 6.07 Å². The van der Waals surface area contributed by atoms with Crippen LogP contribution in [0.4, 0.5) is 0 Å². The Labute approximate surface area is 89.6 Å². The zero-order chi connectivity index (χ0) is 6.69. The minimum absolute atomic E-state index is 0. The summed E-state index contributed by atoms with van der Waals surface area (Å²) in [6.45, 7) is 0. The van der Waals surface area contributed by atoms with Crippen molar-refractivity contribution in [3.8, 4) is 0 Å². The van der Waals surface area contributed by atoms with E-state index in [0.29, 0.717) is 5.56 Å². The number of aromatic carboxylic acids is 1. The SMILES string of the molecule is O.O=C(O)c1cc[c-]cc1.[Y]. The molecular weight excluding hydrogens is 221 g/mol. The van der Waals surface area contributed by atoms with Crippen molar-refractivity contribution in [2.24, 2.45) is 0 Å². The van der Waals surface area contributed by atoms with Crippen molar-refractivity contribution < 1.29 is 48.1 Å². The van der Waals surface area contributed by atoms with Crippen molar-refractivity contribution >= 4 is 5.97 Å². The molecule has 0 aliphatic carbocycles. The van der Waals surface area contributed by atoms with Crippen molar-refractivity contribution in [1.29, 1.82) is 0 Å². The first-order valence-electron chi connectivity index (χ1n) is 2.50. The molecule has 0 aromatic heterocycles. The maximum Gasteiger partial charge on any atom is 0.311 e. The van der Waals surface area contributed by atoms with Gasteiger partial charge in [-0.25, -0.2) is 4.79 Å². The van der Waals surface area contributed by atoms with E-state index in [1.54, 1.807) is 12.1 Å². The van der Waals surface area contributed by atoms with Crippen LogP contribution in [-0.4, -0.2) is 16.6 Å². The summed E-state index contributed by atoms with van der Waals surface area (Å²) in [4.78, 5) is 10.2. The van der Waals surface area contributed by atoms with Gasteiger partial charge in [-0.15, -0.1) is 0 Å². The van der Waals surface area contributed by atoms with E-state index in [1.165, 1.54) is 12.1 Å². The van der Waals surface area contributed by atoms with Crippen molar-refractivity contribution in [3.05, 3.63) is 35.9 Å². The van der Waals surface area contributed by atoms with Gasteiger partial charge in [-0.3, -0.25) is 0 Å². The topological polar surface area (TPSA) is 68.8 Å². The van der Waals surface area contributed by atoms with Crippen LogP contribution in [0.5, 0.6) is 0 Å². The van der Waals surface area contributed by atoms with E-state index in [-0.39, 0.29) is 38.2 Å². The monoisotopic (exact) mass is 228 g/mol. The number of hydrogen-bond donors (Lipinski definition) is 1. The van der Waals surface area contributed by atoms with Crippen LogP contribution in [0.3, 0.4) is 0 Å². The molecule has 3 nitrogen and oxygen atoms in total. The van der Waals surface area contributed by atoms with Gasteiger partial charge in [0, 0.05) is 32.7 Å². The second-order valence-corrected chi connectivity index (χ2v) is 1.59. The van der Waals surface area contributed by atoms with E-state index >= 15 is 0 Å². The minimum Gasteiger partial charge on any atom is -0.479 e. The standard InChI is InChI=1S/C7H5O2.H2O.Y/c8-7(9)6-4-2-1-3-5-6;;/h2-5H,(H,8,9);1H2;/q-1;;. The first kappa shape index (κ1) is 13.4. The Balaban J connectivity index is 0. The molecule has 0 aliphatic rings. The zero-order valence-electron chi connectivity index (χ0n) is 5.74. The Bertz CT molecular complexity index is 210. The maximum atomic E-state index is 10.2. The van der Waals surface area contributed by atoms with Gasteiger partial charge in [0.2, 0.25) is 0 Å². The molecule has 0 amide bonds. The van der Waals surface area contributed by atoms with Gasteiger partial charge in [0.05, 0.1) is 0 Å². The van der Waals surface area contributed by atoms with Crippen LogP contribution in [0.25, 0.3) is 0 Å². The Morgan fingerprint density at radius 3 is 2.09 bits per heavy atom. The number of benzene rings is 1. The molecule has 0 saturated heterocycles. The van der Waals surface area contributed by atoms with Gasteiger partial charge in [-0.2, -0.15) is 30.3 Å². The van der Waals surface area contributed by atoms with Crippen LogP contribution in [-0.2, 0) is 32.7 Å². The fraction of sp³-hybridized carbons (Fsp3) is 0. The Hall–Kier alpha value is -0.246. The summed E-state index contributed by atoms with van der Waals surface area (Å²) >= 11 is 0. The molecule has 0 fully saturated rings. The molecule has 1 rings (SSSR count). The van der Waals surface area contributed by atoms with E-state index in [9.17, 15) is 4.79 Å². The van der Waals surface area contributed by atoms with Gasteiger partial charge < -0.3 is 10.6 Å². The van der Waals surface area contributed by atoms with Crippen LogP contribution in [0, 0.1) is 6.07 Å². The Kier molecular flexibility index (Phi) is 7.84. The average molecular weight is 228 g/mol. The molecule has 0 atom stereocenters. The molecule has 0 saturated carbocycles. The van der Waals surface area contributed by atoms with Crippen molar-refractivity contribution in [3.63, 3.8) is 0 Å². The van der Waals surface area contributed by atoms with Crippen LogP contribution in [0.1, 0.15) is 10.4 Å². The molecule has 4 heteroatoms. The summed E-state index contributed by atoms with van der Waals surface area (Å²) < 4.78 is 0. The van der Waals surface area contributed by atoms with Gasteiger partial charge in [0.25, 0.3) is 0 Å². The molecule has 0 spiro atoms. The predicted octanol–water partition coefficient (Wildman–Crippen LogP) is 0.358. The predicted molar refractivity (Wildman–Crippen MR) is 35.9 cm³/mol. The molecule has 0 bridgehead atoms. The second kappa shape index (κ2) is 6.46. The quantitative estimate of drug-likeness (QED) is 0.705. The molecule has 1 aromatic carbocycles. The first-order valence-corrected chi connectivity index (χ1v) is 2.50. The number of carboxylic acids is 1. The summed E-state index contributed by atoms with van der Waals surface area (Å²) in [7, 11) is 0. The second-order valence-electron chi connectivity index (χ2n) is 1.59. The van der Waals surface area contributed by atoms with E-state index in [1.807, 2.05) is 0 Å². The largest absolute Gasteiger partial charge is 0.479 e. The third-order valence-corrected chi connectivity index (χ3v) is 0.965. The first-order chi connectivity index (χ1) is 4.30. The summed E-state index contributed by atoms with van der Waals surface area (Å²) in [6.07, 6.45) is 0. The normalized spacial score (nSPS) is 7.27. The molecule has 0 heterocycles.